The van der Waals surface area contributed by atoms with Crippen molar-refractivity contribution in [2.75, 3.05) is 0 Å². The number of halogens is 3. The lowest BCUT2D eigenvalue weighted by atomic mass is 10.0. The summed E-state index contributed by atoms with van der Waals surface area (Å²) in [6.45, 7) is 0. The summed E-state index contributed by atoms with van der Waals surface area (Å²) in [6, 6.07) is 8.97. The lowest BCUT2D eigenvalue weighted by molar-refractivity contribution is 0.103. The highest BCUT2D eigenvalue weighted by atomic mass is 35.5. The summed E-state index contributed by atoms with van der Waals surface area (Å²) in [6.07, 6.45) is 0. The van der Waals surface area contributed by atoms with Crippen LogP contribution < -0.4 is 0 Å². The molecule has 0 aliphatic rings. The molecule has 0 bridgehead atoms. The zero-order chi connectivity index (χ0) is 12.4. The van der Waals surface area contributed by atoms with Crippen LogP contribution in [-0.2, 0) is 0 Å². The Kier molecular flexibility index (Phi) is 3.20. The van der Waals surface area contributed by atoms with Crippen molar-refractivity contribution in [3.8, 4) is 0 Å². The monoisotopic (exact) mass is 252 g/mol. The molecule has 2 aromatic rings. The maximum atomic E-state index is 13.2. The minimum atomic E-state index is -0.672. The Bertz CT molecular complexity index is 581. The molecule has 0 aromatic heterocycles. The minimum absolute atomic E-state index is 0.0548. The van der Waals surface area contributed by atoms with Crippen molar-refractivity contribution in [3.05, 3.63) is 70.2 Å². The second-order valence-corrected chi connectivity index (χ2v) is 3.88. The Morgan fingerprint density at radius 3 is 2.35 bits per heavy atom. The maximum absolute atomic E-state index is 13.2. The second-order valence-electron chi connectivity index (χ2n) is 3.47. The van der Waals surface area contributed by atoms with Crippen LogP contribution >= 0.6 is 11.6 Å². The van der Waals surface area contributed by atoms with E-state index in [0.717, 1.165) is 12.1 Å². The number of hydrogen-bond donors (Lipinski definition) is 0. The molecule has 0 aliphatic carbocycles. The predicted molar refractivity (Wildman–Crippen MR) is 61.2 cm³/mol. The molecule has 0 saturated heterocycles. The van der Waals surface area contributed by atoms with Gasteiger partial charge in [0.1, 0.15) is 11.6 Å². The van der Waals surface area contributed by atoms with Gasteiger partial charge in [0.2, 0.25) is 0 Å². The van der Waals surface area contributed by atoms with E-state index in [1.54, 1.807) is 0 Å². The van der Waals surface area contributed by atoms with Gasteiger partial charge in [0, 0.05) is 11.1 Å². The van der Waals surface area contributed by atoms with Crippen molar-refractivity contribution in [2.24, 2.45) is 0 Å². The average Bonchev–Trinajstić information content (AvgIpc) is 2.32. The number of hydrogen-bond acceptors (Lipinski definition) is 1. The highest BCUT2D eigenvalue weighted by Gasteiger charge is 2.11. The van der Waals surface area contributed by atoms with Gasteiger partial charge in [-0.1, -0.05) is 23.7 Å². The predicted octanol–water partition coefficient (Wildman–Crippen LogP) is 3.85. The molecule has 2 rings (SSSR count). The molecule has 1 nitrogen and oxygen atoms in total. The standard InChI is InChI=1S/C13H7ClF2O/c14-11-5-4-9(7-12(11)16)13(17)8-2-1-3-10(15)6-8/h1-7H. The van der Waals surface area contributed by atoms with Gasteiger partial charge in [0.25, 0.3) is 0 Å². The van der Waals surface area contributed by atoms with E-state index in [-0.39, 0.29) is 16.1 Å². The molecular formula is C13H7ClF2O. The first-order valence-corrected chi connectivity index (χ1v) is 5.21. The molecule has 0 N–H and O–H groups in total. The van der Waals surface area contributed by atoms with Crippen molar-refractivity contribution in [1.29, 1.82) is 0 Å². The summed E-state index contributed by atoms with van der Waals surface area (Å²) in [5, 5.41) is -0.0548. The van der Waals surface area contributed by atoms with E-state index >= 15 is 0 Å². The zero-order valence-electron chi connectivity index (χ0n) is 8.58. The molecule has 0 spiro atoms. The third kappa shape index (κ3) is 2.50. The second kappa shape index (κ2) is 4.63. The molecule has 0 heterocycles. The topological polar surface area (TPSA) is 17.1 Å². The van der Waals surface area contributed by atoms with Crippen molar-refractivity contribution in [1.82, 2.24) is 0 Å². The van der Waals surface area contributed by atoms with Crippen LogP contribution in [0.15, 0.2) is 42.5 Å². The normalized spacial score (nSPS) is 10.3. The van der Waals surface area contributed by atoms with Gasteiger partial charge >= 0.3 is 0 Å². The Labute approximate surface area is 102 Å². The molecule has 0 atom stereocenters. The van der Waals surface area contributed by atoms with Crippen LogP contribution in [0.1, 0.15) is 15.9 Å². The van der Waals surface area contributed by atoms with Crippen LogP contribution in [0.3, 0.4) is 0 Å². The van der Waals surface area contributed by atoms with Gasteiger partial charge in [-0.25, -0.2) is 8.78 Å². The summed E-state index contributed by atoms with van der Waals surface area (Å²) >= 11 is 5.51. The first kappa shape index (κ1) is 11.7. The van der Waals surface area contributed by atoms with Crippen LogP contribution in [0.5, 0.6) is 0 Å². The van der Waals surface area contributed by atoms with Gasteiger partial charge in [-0.2, -0.15) is 0 Å². The van der Waals surface area contributed by atoms with Crippen molar-refractivity contribution in [2.45, 2.75) is 0 Å². The fourth-order valence-corrected chi connectivity index (χ4v) is 1.55. The van der Waals surface area contributed by atoms with E-state index in [2.05, 4.69) is 0 Å². The van der Waals surface area contributed by atoms with Gasteiger partial charge < -0.3 is 0 Å². The Morgan fingerprint density at radius 1 is 1.00 bits per heavy atom. The van der Waals surface area contributed by atoms with E-state index < -0.39 is 17.4 Å². The highest BCUT2D eigenvalue weighted by Crippen LogP contribution is 2.18. The minimum Gasteiger partial charge on any atom is -0.289 e. The Balaban J connectivity index is 2.40. The molecule has 17 heavy (non-hydrogen) atoms. The molecule has 86 valence electrons. The van der Waals surface area contributed by atoms with Gasteiger partial charge in [0.05, 0.1) is 5.02 Å². The summed E-state index contributed by atoms with van der Waals surface area (Å²) in [5.74, 6) is -1.63. The van der Waals surface area contributed by atoms with E-state index in [1.807, 2.05) is 0 Å². The van der Waals surface area contributed by atoms with Crippen LogP contribution in [0.4, 0.5) is 8.78 Å². The molecule has 0 radical (unpaired) electrons. The molecular weight excluding hydrogens is 246 g/mol. The third-order valence-electron chi connectivity index (χ3n) is 2.27. The molecule has 0 unspecified atom stereocenters. The molecule has 0 aliphatic heterocycles. The van der Waals surface area contributed by atoms with Crippen molar-refractivity contribution >= 4 is 17.4 Å². The van der Waals surface area contributed by atoms with Gasteiger partial charge in [-0.15, -0.1) is 0 Å². The lowest BCUT2D eigenvalue weighted by Gasteiger charge is -2.02. The van der Waals surface area contributed by atoms with Crippen LogP contribution in [0, 0.1) is 11.6 Å². The average molecular weight is 253 g/mol. The van der Waals surface area contributed by atoms with Gasteiger partial charge in [-0.05, 0) is 30.3 Å². The SMILES string of the molecule is O=C(c1cccc(F)c1)c1ccc(Cl)c(F)c1. The molecule has 0 amide bonds. The van der Waals surface area contributed by atoms with E-state index in [4.69, 9.17) is 11.6 Å². The Morgan fingerprint density at radius 2 is 1.71 bits per heavy atom. The number of carbonyl (C=O) groups is 1. The first-order valence-electron chi connectivity index (χ1n) is 4.83. The summed E-state index contributed by atoms with van der Waals surface area (Å²) in [5.41, 5.74) is 0.309. The van der Waals surface area contributed by atoms with Gasteiger partial charge in [-0.3, -0.25) is 4.79 Å². The van der Waals surface area contributed by atoms with E-state index in [1.165, 1.54) is 30.3 Å². The number of ketones is 1. The Hall–Kier alpha value is -1.74. The van der Waals surface area contributed by atoms with E-state index in [9.17, 15) is 13.6 Å². The summed E-state index contributed by atoms with van der Waals surface area (Å²) in [7, 11) is 0. The van der Waals surface area contributed by atoms with Crippen LogP contribution in [0.2, 0.25) is 5.02 Å². The van der Waals surface area contributed by atoms with Crippen LogP contribution in [-0.4, -0.2) is 5.78 Å². The largest absolute Gasteiger partial charge is 0.289 e. The molecule has 4 heteroatoms. The fourth-order valence-electron chi connectivity index (χ4n) is 1.43. The zero-order valence-corrected chi connectivity index (χ0v) is 9.34. The maximum Gasteiger partial charge on any atom is 0.193 e. The number of carbonyl (C=O) groups excluding carboxylic acids is 1. The fraction of sp³-hybridized carbons (Fsp3) is 0. The van der Waals surface area contributed by atoms with Crippen molar-refractivity contribution < 1.29 is 13.6 Å². The van der Waals surface area contributed by atoms with Gasteiger partial charge in [0.15, 0.2) is 5.78 Å². The number of rotatable bonds is 2. The van der Waals surface area contributed by atoms with Crippen LogP contribution in [0.25, 0.3) is 0 Å². The molecule has 2 aromatic carbocycles. The number of benzene rings is 2. The summed E-state index contributed by atoms with van der Waals surface area (Å²) < 4.78 is 26.1. The first-order chi connectivity index (χ1) is 8.08. The van der Waals surface area contributed by atoms with Crippen molar-refractivity contribution in [3.63, 3.8) is 0 Å². The lowest BCUT2D eigenvalue weighted by Crippen LogP contribution is -2.02. The van der Waals surface area contributed by atoms with E-state index in [0.29, 0.717) is 0 Å². The molecule has 0 saturated carbocycles. The highest BCUT2D eigenvalue weighted by molar-refractivity contribution is 6.30. The summed E-state index contributed by atoms with van der Waals surface area (Å²) in [4.78, 5) is 11.9. The molecule has 0 fully saturated rings. The smallest absolute Gasteiger partial charge is 0.193 e. The quantitative estimate of drug-likeness (QED) is 0.742. The third-order valence-corrected chi connectivity index (χ3v) is 2.58.